The van der Waals surface area contributed by atoms with Crippen LogP contribution >= 0.6 is 11.6 Å². The summed E-state index contributed by atoms with van der Waals surface area (Å²) in [7, 11) is 0. The summed E-state index contributed by atoms with van der Waals surface area (Å²) >= 11 is 6.17. The van der Waals surface area contributed by atoms with Gasteiger partial charge in [0, 0.05) is 24.2 Å². The Morgan fingerprint density at radius 1 is 1.29 bits per heavy atom. The first kappa shape index (κ1) is 14.9. The molecular weight excluding hydrogens is 284 g/mol. The molecule has 0 aromatic heterocycles. The normalized spacial score (nSPS) is 25.0. The SMILES string of the molecule is N[C@@H]1CCN(C(=O)C2(c3cccc(Cl)c3)CCCCC2)C1. The maximum atomic E-state index is 13.2. The molecule has 0 radical (unpaired) electrons. The smallest absolute Gasteiger partial charge is 0.233 e. The Hall–Kier alpha value is -1.06. The van der Waals surface area contributed by atoms with E-state index in [9.17, 15) is 4.79 Å². The number of benzene rings is 1. The highest BCUT2D eigenvalue weighted by Gasteiger charge is 2.44. The molecule has 1 aromatic rings. The van der Waals surface area contributed by atoms with Crippen molar-refractivity contribution in [2.45, 2.75) is 50.0 Å². The van der Waals surface area contributed by atoms with E-state index in [2.05, 4.69) is 6.07 Å². The van der Waals surface area contributed by atoms with Gasteiger partial charge in [0.15, 0.2) is 0 Å². The summed E-state index contributed by atoms with van der Waals surface area (Å²) in [6.45, 7) is 1.49. The van der Waals surface area contributed by atoms with Crippen molar-refractivity contribution < 1.29 is 4.79 Å². The average Bonchev–Trinajstić information content (AvgIpc) is 2.94. The largest absolute Gasteiger partial charge is 0.340 e. The first-order valence-corrected chi connectivity index (χ1v) is 8.31. The number of hydrogen-bond acceptors (Lipinski definition) is 2. The van der Waals surface area contributed by atoms with Gasteiger partial charge in [-0.05, 0) is 37.0 Å². The second-order valence-corrected chi connectivity index (χ2v) is 6.89. The summed E-state index contributed by atoms with van der Waals surface area (Å²) in [6.07, 6.45) is 6.21. The van der Waals surface area contributed by atoms with Gasteiger partial charge in [0.2, 0.25) is 5.91 Å². The van der Waals surface area contributed by atoms with Crippen molar-refractivity contribution in [1.82, 2.24) is 4.90 Å². The van der Waals surface area contributed by atoms with Crippen molar-refractivity contribution in [3.8, 4) is 0 Å². The van der Waals surface area contributed by atoms with Crippen molar-refractivity contribution >= 4 is 17.5 Å². The summed E-state index contributed by atoms with van der Waals surface area (Å²) in [5, 5.41) is 0.711. The third-order valence-electron chi connectivity index (χ3n) is 5.01. The Morgan fingerprint density at radius 3 is 2.67 bits per heavy atom. The van der Waals surface area contributed by atoms with Gasteiger partial charge >= 0.3 is 0 Å². The summed E-state index contributed by atoms with van der Waals surface area (Å²) < 4.78 is 0. The molecule has 1 aliphatic heterocycles. The Morgan fingerprint density at radius 2 is 2.05 bits per heavy atom. The van der Waals surface area contributed by atoms with Crippen LogP contribution in [0.25, 0.3) is 0 Å². The highest BCUT2D eigenvalue weighted by Crippen LogP contribution is 2.42. The number of halogens is 1. The van der Waals surface area contributed by atoms with E-state index in [0.29, 0.717) is 11.6 Å². The molecular formula is C17H23ClN2O. The number of nitrogens with zero attached hydrogens (tertiary/aromatic N) is 1. The lowest BCUT2D eigenvalue weighted by Gasteiger charge is -2.39. The quantitative estimate of drug-likeness (QED) is 0.912. The molecule has 4 heteroatoms. The van der Waals surface area contributed by atoms with Gasteiger partial charge in [0.05, 0.1) is 5.41 Å². The molecule has 1 saturated carbocycles. The zero-order chi connectivity index (χ0) is 14.9. The fourth-order valence-electron chi connectivity index (χ4n) is 3.84. The topological polar surface area (TPSA) is 46.3 Å². The summed E-state index contributed by atoms with van der Waals surface area (Å²) in [5.74, 6) is 0.261. The Balaban J connectivity index is 1.95. The van der Waals surface area contributed by atoms with E-state index in [1.165, 1.54) is 6.42 Å². The highest BCUT2D eigenvalue weighted by atomic mass is 35.5. The molecule has 0 bridgehead atoms. The molecule has 2 aliphatic rings. The molecule has 3 rings (SSSR count). The standard InChI is InChI=1S/C17H23ClN2O/c18-14-6-4-5-13(11-14)17(8-2-1-3-9-17)16(21)20-10-7-15(19)12-20/h4-6,11,15H,1-3,7-10,12,19H2/t15-/m1/s1. The van der Waals surface area contributed by atoms with Crippen molar-refractivity contribution in [2.75, 3.05) is 13.1 Å². The van der Waals surface area contributed by atoms with E-state index >= 15 is 0 Å². The van der Waals surface area contributed by atoms with Crippen LogP contribution in [0.2, 0.25) is 5.02 Å². The van der Waals surface area contributed by atoms with Crippen LogP contribution in [0.15, 0.2) is 24.3 Å². The van der Waals surface area contributed by atoms with Crippen LogP contribution in [0.1, 0.15) is 44.1 Å². The van der Waals surface area contributed by atoms with Crippen LogP contribution in [0.3, 0.4) is 0 Å². The Kier molecular flexibility index (Phi) is 4.23. The van der Waals surface area contributed by atoms with E-state index < -0.39 is 0 Å². The molecule has 1 saturated heterocycles. The molecule has 21 heavy (non-hydrogen) atoms. The first-order valence-electron chi connectivity index (χ1n) is 7.93. The van der Waals surface area contributed by atoms with Gasteiger partial charge < -0.3 is 10.6 Å². The minimum Gasteiger partial charge on any atom is -0.340 e. The van der Waals surface area contributed by atoms with E-state index in [4.69, 9.17) is 17.3 Å². The lowest BCUT2D eigenvalue weighted by atomic mass is 9.68. The monoisotopic (exact) mass is 306 g/mol. The van der Waals surface area contributed by atoms with Gasteiger partial charge in [0.1, 0.15) is 0 Å². The summed E-state index contributed by atoms with van der Waals surface area (Å²) in [6, 6.07) is 8.00. The molecule has 3 nitrogen and oxygen atoms in total. The lowest BCUT2D eigenvalue weighted by molar-refractivity contribution is -0.137. The van der Waals surface area contributed by atoms with E-state index in [1.807, 2.05) is 23.1 Å². The van der Waals surface area contributed by atoms with Crippen molar-refractivity contribution in [3.05, 3.63) is 34.9 Å². The van der Waals surface area contributed by atoms with Crippen LogP contribution in [0.5, 0.6) is 0 Å². The minimum atomic E-state index is -0.382. The molecule has 1 atom stereocenters. The second-order valence-electron chi connectivity index (χ2n) is 6.45. The van der Waals surface area contributed by atoms with Gasteiger partial charge in [-0.15, -0.1) is 0 Å². The zero-order valence-corrected chi connectivity index (χ0v) is 13.1. The van der Waals surface area contributed by atoms with E-state index in [1.54, 1.807) is 0 Å². The molecule has 114 valence electrons. The van der Waals surface area contributed by atoms with Crippen LogP contribution < -0.4 is 5.73 Å². The minimum absolute atomic E-state index is 0.133. The third kappa shape index (κ3) is 2.82. The molecule has 0 unspecified atom stereocenters. The van der Waals surface area contributed by atoms with Crippen molar-refractivity contribution in [1.29, 1.82) is 0 Å². The molecule has 1 aliphatic carbocycles. The molecule has 2 fully saturated rings. The predicted molar refractivity (Wildman–Crippen MR) is 85.4 cm³/mol. The van der Waals surface area contributed by atoms with Gasteiger partial charge in [0.25, 0.3) is 0 Å². The molecule has 1 heterocycles. The van der Waals surface area contributed by atoms with Gasteiger partial charge in [-0.2, -0.15) is 0 Å². The number of amides is 1. The number of likely N-dealkylation sites (tertiary alicyclic amines) is 1. The average molecular weight is 307 g/mol. The van der Waals surface area contributed by atoms with Crippen LogP contribution in [0, 0.1) is 0 Å². The van der Waals surface area contributed by atoms with Gasteiger partial charge in [-0.3, -0.25) is 4.79 Å². The molecule has 0 spiro atoms. The van der Waals surface area contributed by atoms with Gasteiger partial charge in [-0.1, -0.05) is 43.0 Å². The molecule has 1 amide bonds. The fourth-order valence-corrected chi connectivity index (χ4v) is 4.03. The zero-order valence-electron chi connectivity index (χ0n) is 12.4. The highest BCUT2D eigenvalue weighted by molar-refractivity contribution is 6.30. The summed E-state index contributed by atoms with van der Waals surface area (Å²) in [4.78, 5) is 15.2. The first-order chi connectivity index (χ1) is 10.1. The van der Waals surface area contributed by atoms with Crippen LogP contribution in [-0.2, 0) is 10.2 Å². The Bertz CT molecular complexity index is 525. The molecule has 2 N–H and O–H groups in total. The third-order valence-corrected chi connectivity index (χ3v) is 5.24. The van der Waals surface area contributed by atoms with Crippen molar-refractivity contribution in [2.24, 2.45) is 5.73 Å². The predicted octanol–water partition coefficient (Wildman–Crippen LogP) is 3.10. The van der Waals surface area contributed by atoms with Crippen LogP contribution in [0.4, 0.5) is 0 Å². The number of nitrogens with two attached hydrogens (primary N) is 1. The van der Waals surface area contributed by atoms with E-state index in [0.717, 1.165) is 44.2 Å². The number of rotatable bonds is 2. The Labute approximate surface area is 131 Å². The number of carbonyl (C=O) groups excluding carboxylic acids is 1. The number of hydrogen-bond donors (Lipinski definition) is 1. The maximum absolute atomic E-state index is 13.2. The van der Waals surface area contributed by atoms with Gasteiger partial charge in [-0.25, -0.2) is 0 Å². The fraction of sp³-hybridized carbons (Fsp3) is 0.588. The number of carbonyl (C=O) groups is 1. The lowest BCUT2D eigenvalue weighted by Crippen LogP contribution is -2.47. The van der Waals surface area contributed by atoms with Crippen molar-refractivity contribution in [3.63, 3.8) is 0 Å². The van der Waals surface area contributed by atoms with Crippen LogP contribution in [-0.4, -0.2) is 29.9 Å². The summed E-state index contributed by atoms with van der Waals surface area (Å²) in [5.41, 5.74) is 6.69. The molecule has 1 aromatic carbocycles. The maximum Gasteiger partial charge on any atom is 0.233 e. The second kappa shape index (κ2) is 5.98. The van der Waals surface area contributed by atoms with E-state index in [-0.39, 0.29) is 17.4 Å².